The lowest BCUT2D eigenvalue weighted by Gasteiger charge is -2.24. The van der Waals surface area contributed by atoms with Gasteiger partial charge in [0.15, 0.2) is 5.43 Å². The van der Waals surface area contributed by atoms with Crippen molar-refractivity contribution in [2.45, 2.75) is 12.5 Å². The first kappa shape index (κ1) is 17.3. The molecule has 0 spiro atoms. The van der Waals surface area contributed by atoms with Crippen LogP contribution in [0.4, 0.5) is 0 Å². The van der Waals surface area contributed by atoms with E-state index in [0.29, 0.717) is 12.5 Å². The maximum absolute atomic E-state index is 13.0. The van der Waals surface area contributed by atoms with E-state index in [1.807, 2.05) is 42.5 Å². The topological polar surface area (TPSA) is 44.8 Å². The third-order valence-electron chi connectivity index (χ3n) is 4.32. The molecular weight excluding hydrogens is 340 g/mol. The van der Waals surface area contributed by atoms with Gasteiger partial charge in [-0.15, -0.1) is 11.3 Å². The van der Waals surface area contributed by atoms with Gasteiger partial charge in [0, 0.05) is 47.5 Å². The second kappa shape index (κ2) is 7.12. The molecular formula is C18H20O4SSi. The van der Waals surface area contributed by atoms with Crippen molar-refractivity contribution in [2.75, 3.05) is 21.3 Å². The summed E-state index contributed by atoms with van der Waals surface area (Å²) in [6.45, 7) is 0. The summed E-state index contributed by atoms with van der Waals surface area (Å²) in [5.41, 5.74) is 1.11. The minimum Gasteiger partial charge on any atom is -0.377 e. The molecule has 6 heteroatoms. The van der Waals surface area contributed by atoms with Gasteiger partial charge in [0.05, 0.1) is 0 Å². The van der Waals surface area contributed by atoms with Crippen molar-refractivity contribution in [3.8, 4) is 0 Å². The zero-order valence-corrected chi connectivity index (χ0v) is 15.8. The van der Waals surface area contributed by atoms with Gasteiger partial charge in [-0.05, 0) is 30.2 Å². The Kier molecular flexibility index (Phi) is 5.12. The number of aryl methyl sites for hydroxylation is 1. The zero-order chi connectivity index (χ0) is 17.2. The van der Waals surface area contributed by atoms with Crippen molar-refractivity contribution in [3.05, 3.63) is 58.3 Å². The molecule has 126 valence electrons. The van der Waals surface area contributed by atoms with Gasteiger partial charge in [-0.25, -0.2) is 0 Å². The standard InChI is InChI=1S/C18H20O4SSi/c1-20-24(21-2,22-3)12-11-13-7-6-10-16-17(13)18(19)14-8-4-5-9-15(14)23-16/h4-10H,11-12H2,1-3H3. The highest BCUT2D eigenvalue weighted by molar-refractivity contribution is 7.24. The Morgan fingerprint density at radius 2 is 1.58 bits per heavy atom. The van der Waals surface area contributed by atoms with E-state index >= 15 is 0 Å². The highest BCUT2D eigenvalue weighted by Gasteiger charge is 2.37. The third-order valence-corrected chi connectivity index (χ3v) is 8.19. The molecule has 24 heavy (non-hydrogen) atoms. The summed E-state index contributed by atoms with van der Waals surface area (Å²) in [5.74, 6) is 0. The number of fused-ring (bicyclic) bond motifs is 2. The Balaban J connectivity index is 2.09. The van der Waals surface area contributed by atoms with E-state index in [0.717, 1.165) is 25.7 Å². The van der Waals surface area contributed by atoms with E-state index in [2.05, 4.69) is 0 Å². The minimum atomic E-state index is -2.66. The third kappa shape index (κ3) is 3.03. The van der Waals surface area contributed by atoms with Gasteiger partial charge in [-0.1, -0.05) is 24.3 Å². The lowest BCUT2D eigenvalue weighted by molar-refractivity contribution is 0.124. The Bertz CT molecular complexity index is 909. The van der Waals surface area contributed by atoms with Gasteiger partial charge in [0.25, 0.3) is 0 Å². The fraction of sp³-hybridized carbons (Fsp3) is 0.278. The van der Waals surface area contributed by atoms with Crippen LogP contribution in [0.2, 0.25) is 6.04 Å². The average Bonchev–Trinajstić information content (AvgIpc) is 2.63. The molecule has 0 aliphatic heterocycles. The first-order valence-electron chi connectivity index (χ1n) is 7.73. The van der Waals surface area contributed by atoms with Crippen LogP contribution < -0.4 is 5.43 Å². The quantitative estimate of drug-likeness (QED) is 0.495. The van der Waals surface area contributed by atoms with Crippen LogP contribution in [0.3, 0.4) is 0 Å². The van der Waals surface area contributed by atoms with Gasteiger partial charge in [-0.2, -0.15) is 0 Å². The molecule has 1 aromatic heterocycles. The number of hydrogen-bond donors (Lipinski definition) is 0. The lowest BCUT2D eigenvalue weighted by Crippen LogP contribution is -2.43. The highest BCUT2D eigenvalue weighted by atomic mass is 32.1. The van der Waals surface area contributed by atoms with Crippen molar-refractivity contribution in [1.29, 1.82) is 0 Å². The van der Waals surface area contributed by atoms with Crippen molar-refractivity contribution in [1.82, 2.24) is 0 Å². The van der Waals surface area contributed by atoms with Crippen LogP contribution in [0.15, 0.2) is 47.3 Å². The predicted octanol–water partition coefficient (Wildman–Crippen LogP) is 3.84. The summed E-state index contributed by atoms with van der Waals surface area (Å²) in [4.78, 5) is 13.0. The fourth-order valence-corrected chi connectivity index (χ4v) is 5.78. The fourth-order valence-electron chi connectivity index (χ4n) is 2.97. The van der Waals surface area contributed by atoms with Crippen molar-refractivity contribution < 1.29 is 13.3 Å². The summed E-state index contributed by atoms with van der Waals surface area (Å²) < 4.78 is 18.5. The molecule has 0 saturated heterocycles. The molecule has 0 N–H and O–H groups in total. The van der Waals surface area contributed by atoms with Crippen LogP contribution in [-0.4, -0.2) is 30.1 Å². The van der Waals surface area contributed by atoms with Crippen LogP contribution in [-0.2, 0) is 19.7 Å². The Morgan fingerprint density at radius 1 is 0.917 bits per heavy atom. The predicted molar refractivity (Wildman–Crippen MR) is 101 cm³/mol. The largest absolute Gasteiger partial charge is 0.500 e. The normalized spacial score (nSPS) is 12.1. The summed E-state index contributed by atoms with van der Waals surface area (Å²) in [6, 6.07) is 14.4. The molecule has 0 bridgehead atoms. The molecule has 4 nitrogen and oxygen atoms in total. The van der Waals surface area contributed by atoms with Crippen LogP contribution in [0.1, 0.15) is 5.56 Å². The summed E-state index contributed by atoms with van der Waals surface area (Å²) in [6.07, 6.45) is 0.680. The molecule has 0 amide bonds. The smallest absolute Gasteiger partial charge is 0.377 e. The van der Waals surface area contributed by atoms with Gasteiger partial charge in [-0.3, -0.25) is 4.79 Å². The molecule has 0 fully saturated rings. The van der Waals surface area contributed by atoms with Crippen molar-refractivity contribution in [2.24, 2.45) is 0 Å². The lowest BCUT2D eigenvalue weighted by atomic mass is 10.1. The van der Waals surface area contributed by atoms with Gasteiger partial charge in [0.2, 0.25) is 0 Å². The SMILES string of the molecule is CO[Si](CCc1cccc2sc3ccccc3c(=O)c12)(OC)OC. The molecule has 2 aromatic carbocycles. The van der Waals surface area contributed by atoms with E-state index < -0.39 is 8.80 Å². The second-order valence-corrected chi connectivity index (χ2v) is 9.69. The van der Waals surface area contributed by atoms with E-state index in [9.17, 15) is 4.79 Å². The van der Waals surface area contributed by atoms with Gasteiger partial charge < -0.3 is 13.3 Å². The maximum atomic E-state index is 13.0. The van der Waals surface area contributed by atoms with Crippen LogP contribution in [0.25, 0.3) is 20.2 Å². The molecule has 0 aliphatic carbocycles. The van der Waals surface area contributed by atoms with Crippen LogP contribution in [0, 0.1) is 0 Å². The van der Waals surface area contributed by atoms with E-state index in [4.69, 9.17) is 13.3 Å². The molecule has 0 saturated carbocycles. The van der Waals surface area contributed by atoms with E-state index in [1.54, 1.807) is 32.7 Å². The summed E-state index contributed by atoms with van der Waals surface area (Å²) >= 11 is 1.65. The minimum absolute atomic E-state index is 0.0921. The Labute approximate surface area is 146 Å². The molecule has 0 radical (unpaired) electrons. The maximum Gasteiger partial charge on any atom is 0.500 e. The van der Waals surface area contributed by atoms with Crippen molar-refractivity contribution >= 4 is 40.3 Å². The zero-order valence-electron chi connectivity index (χ0n) is 14.0. The first-order valence-corrected chi connectivity index (χ1v) is 10.5. The summed E-state index contributed by atoms with van der Waals surface area (Å²) in [5, 5.41) is 1.57. The second-order valence-electron chi connectivity index (χ2n) is 5.51. The molecule has 0 atom stereocenters. The molecule has 1 heterocycles. The number of rotatable bonds is 6. The van der Waals surface area contributed by atoms with Crippen LogP contribution in [0.5, 0.6) is 0 Å². The average molecular weight is 361 g/mol. The Morgan fingerprint density at radius 3 is 2.29 bits per heavy atom. The Hall–Kier alpha value is -1.57. The van der Waals surface area contributed by atoms with Gasteiger partial charge >= 0.3 is 8.80 Å². The molecule has 0 aliphatic rings. The number of hydrogen-bond acceptors (Lipinski definition) is 5. The van der Waals surface area contributed by atoms with E-state index in [1.165, 1.54) is 0 Å². The van der Waals surface area contributed by atoms with Gasteiger partial charge in [0.1, 0.15) is 0 Å². The number of benzene rings is 2. The van der Waals surface area contributed by atoms with Crippen LogP contribution >= 0.6 is 11.3 Å². The monoisotopic (exact) mass is 360 g/mol. The molecule has 3 rings (SSSR count). The summed E-state index contributed by atoms with van der Waals surface area (Å²) in [7, 11) is 2.17. The van der Waals surface area contributed by atoms with Crippen molar-refractivity contribution in [3.63, 3.8) is 0 Å². The molecule has 0 unspecified atom stereocenters. The van der Waals surface area contributed by atoms with E-state index in [-0.39, 0.29) is 5.43 Å². The molecule has 3 aromatic rings. The first-order chi connectivity index (χ1) is 11.6. The highest BCUT2D eigenvalue weighted by Crippen LogP contribution is 2.28.